The molecule has 0 atom stereocenters. The Balaban J connectivity index is 1.53. The van der Waals surface area contributed by atoms with Crippen LogP contribution in [0.5, 0.6) is 0 Å². The molecule has 1 saturated heterocycles. The van der Waals surface area contributed by atoms with Crippen molar-refractivity contribution in [2.75, 3.05) is 6.54 Å². The number of likely N-dealkylation sites (tertiary alicyclic amines) is 1. The van der Waals surface area contributed by atoms with Gasteiger partial charge in [-0.3, -0.25) is 4.79 Å². The molecule has 7 nitrogen and oxygen atoms in total. The van der Waals surface area contributed by atoms with Crippen LogP contribution in [0, 0.1) is 13.8 Å². The van der Waals surface area contributed by atoms with Crippen molar-refractivity contribution in [3.63, 3.8) is 0 Å². The number of aromatic nitrogens is 4. The summed E-state index contributed by atoms with van der Waals surface area (Å²) < 4.78 is 5.36. The Morgan fingerprint density at radius 1 is 1.12 bits per heavy atom. The van der Waals surface area contributed by atoms with E-state index in [-0.39, 0.29) is 5.91 Å². The number of benzene rings is 1. The van der Waals surface area contributed by atoms with E-state index in [1.807, 2.05) is 49.1 Å². The minimum Gasteiger partial charge on any atom is -0.338 e. The van der Waals surface area contributed by atoms with Gasteiger partial charge in [-0.25, -0.2) is 9.97 Å². The fourth-order valence-corrected chi connectivity index (χ4v) is 3.12. The first-order valence-electron chi connectivity index (χ1n) is 8.62. The van der Waals surface area contributed by atoms with Gasteiger partial charge in [0.2, 0.25) is 11.7 Å². The molecule has 3 aromatic rings. The van der Waals surface area contributed by atoms with Gasteiger partial charge in [-0.2, -0.15) is 4.98 Å². The Morgan fingerprint density at radius 2 is 1.92 bits per heavy atom. The molecule has 0 aliphatic carbocycles. The monoisotopic (exact) mass is 349 g/mol. The van der Waals surface area contributed by atoms with E-state index in [2.05, 4.69) is 20.1 Å². The zero-order chi connectivity index (χ0) is 18.1. The molecule has 0 N–H and O–H groups in total. The number of nitrogens with zero attached hydrogens (tertiary/aromatic N) is 5. The van der Waals surface area contributed by atoms with Gasteiger partial charge < -0.3 is 9.42 Å². The third kappa shape index (κ3) is 3.33. The van der Waals surface area contributed by atoms with Gasteiger partial charge in [0.15, 0.2) is 0 Å². The van der Waals surface area contributed by atoms with Crippen molar-refractivity contribution in [2.24, 2.45) is 0 Å². The highest BCUT2D eigenvalue weighted by Gasteiger charge is 2.20. The van der Waals surface area contributed by atoms with Crippen LogP contribution >= 0.6 is 0 Å². The van der Waals surface area contributed by atoms with Crippen LogP contribution in [0.2, 0.25) is 0 Å². The van der Waals surface area contributed by atoms with Crippen LogP contribution in [0.15, 0.2) is 34.9 Å². The molecule has 3 heterocycles. The summed E-state index contributed by atoms with van der Waals surface area (Å²) >= 11 is 0. The van der Waals surface area contributed by atoms with Crippen molar-refractivity contribution in [3.8, 4) is 23.0 Å². The van der Waals surface area contributed by atoms with Crippen LogP contribution in [-0.2, 0) is 11.3 Å². The molecule has 4 rings (SSSR count). The normalized spacial score (nSPS) is 14.2. The number of carbonyl (C=O) groups is 1. The van der Waals surface area contributed by atoms with Gasteiger partial charge in [0.1, 0.15) is 11.5 Å². The highest BCUT2D eigenvalue weighted by Crippen LogP contribution is 2.22. The van der Waals surface area contributed by atoms with Crippen molar-refractivity contribution in [3.05, 3.63) is 47.4 Å². The summed E-state index contributed by atoms with van der Waals surface area (Å²) in [7, 11) is 0. The van der Waals surface area contributed by atoms with Crippen LogP contribution in [0.1, 0.15) is 29.9 Å². The third-order valence-electron chi connectivity index (χ3n) is 4.37. The van der Waals surface area contributed by atoms with Gasteiger partial charge in [0, 0.05) is 30.8 Å². The highest BCUT2D eigenvalue weighted by atomic mass is 16.5. The van der Waals surface area contributed by atoms with Crippen molar-refractivity contribution >= 4 is 5.91 Å². The van der Waals surface area contributed by atoms with E-state index in [0.717, 1.165) is 29.8 Å². The van der Waals surface area contributed by atoms with E-state index in [4.69, 9.17) is 4.52 Å². The van der Waals surface area contributed by atoms with Gasteiger partial charge in [-0.05, 0) is 31.9 Å². The Bertz CT molecular complexity index is 929. The van der Waals surface area contributed by atoms with Gasteiger partial charge in [0.05, 0.1) is 0 Å². The standard InChI is InChI=1S/C19H19N5O2/c1-12-10-16(21-13(2)20-12)19-22-18(23-26-19)15-7-5-14(6-8-15)11-24-9-3-4-17(24)25/h5-8,10H,3-4,9,11H2,1-2H3. The Morgan fingerprint density at radius 3 is 2.62 bits per heavy atom. The Kier molecular flexibility index (Phi) is 4.20. The predicted molar refractivity (Wildman–Crippen MR) is 94.9 cm³/mol. The SMILES string of the molecule is Cc1cc(-c2nc(-c3ccc(CN4CCCC4=O)cc3)no2)nc(C)n1. The highest BCUT2D eigenvalue weighted by molar-refractivity contribution is 5.78. The molecule has 1 fully saturated rings. The maximum Gasteiger partial charge on any atom is 0.276 e. The summed E-state index contributed by atoms with van der Waals surface area (Å²) in [6, 6.07) is 9.70. The maximum atomic E-state index is 11.7. The fraction of sp³-hybridized carbons (Fsp3) is 0.316. The molecule has 1 aromatic carbocycles. The molecule has 0 unspecified atom stereocenters. The predicted octanol–water partition coefficient (Wildman–Crippen LogP) is 2.93. The topological polar surface area (TPSA) is 85.0 Å². The lowest BCUT2D eigenvalue weighted by Gasteiger charge is -2.15. The van der Waals surface area contributed by atoms with E-state index in [9.17, 15) is 4.79 Å². The molecule has 1 amide bonds. The molecule has 0 spiro atoms. The van der Waals surface area contributed by atoms with E-state index in [0.29, 0.717) is 36.2 Å². The molecule has 2 aromatic heterocycles. The average Bonchev–Trinajstić information content (AvgIpc) is 3.25. The van der Waals surface area contributed by atoms with Crippen LogP contribution in [0.25, 0.3) is 23.0 Å². The average molecular weight is 349 g/mol. The smallest absolute Gasteiger partial charge is 0.276 e. The fourth-order valence-electron chi connectivity index (χ4n) is 3.12. The molecule has 26 heavy (non-hydrogen) atoms. The summed E-state index contributed by atoms with van der Waals surface area (Å²) in [5.74, 6) is 1.78. The largest absolute Gasteiger partial charge is 0.338 e. The second-order valence-corrected chi connectivity index (χ2v) is 6.48. The number of carbonyl (C=O) groups excluding carboxylic acids is 1. The quantitative estimate of drug-likeness (QED) is 0.720. The summed E-state index contributed by atoms with van der Waals surface area (Å²) in [6.45, 7) is 5.22. The minimum absolute atomic E-state index is 0.229. The summed E-state index contributed by atoms with van der Waals surface area (Å²) in [4.78, 5) is 26.7. The van der Waals surface area contributed by atoms with Gasteiger partial charge in [-0.15, -0.1) is 0 Å². The lowest BCUT2D eigenvalue weighted by atomic mass is 10.1. The van der Waals surface area contributed by atoms with E-state index in [1.54, 1.807) is 0 Å². The molecule has 0 radical (unpaired) electrons. The second kappa shape index (κ2) is 6.67. The number of hydrogen-bond acceptors (Lipinski definition) is 6. The van der Waals surface area contributed by atoms with Crippen LogP contribution in [0.4, 0.5) is 0 Å². The molecule has 0 bridgehead atoms. The molecule has 1 aliphatic heterocycles. The molecular formula is C19H19N5O2. The molecule has 1 aliphatic rings. The number of rotatable bonds is 4. The summed E-state index contributed by atoms with van der Waals surface area (Å²) in [5, 5.41) is 4.06. The van der Waals surface area contributed by atoms with Gasteiger partial charge >= 0.3 is 0 Å². The van der Waals surface area contributed by atoms with E-state index < -0.39 is 0 Å². The molecular weight excluding hydrogens is 330 g/mol. The first kappa shape index (κ1) is 16.4. The zero-order valence-corrected chi connectivity index (χ0v) is 14.8. The number of aryl methyl sites for hydroxylation is 2. The maximum absolute atomic E-state index is 11.7. The molecule has 0 saturated carbocycles. The number of amides is 1. The van der Waals surface area contributed by atoms with Crippen molar-refractivity contribution < 1.29 is 9.32 Å². The first-order valence-corrected chi connectivity index (χ1v) is 8.62. The van der Waals surface area contributed by atoms with Crippen LogP contribution < -0.4 is 0 Å². The second-order valence-electron chi connectivity index (χ2n) is 6.48. The van der Waals surface area contributed by atoms with E-state index in [1.165, 1.54) is 0 Å². The minimum atomic E-state index is 0.229. The summed E-state index contributed by atoms with van der Waals surface area (Å²) in [6.07, 6.45) is 1.61. The van der Waals surface area contributed by atoms with Gasteiger partial charge in [-0.1, -0.05) is 29.4 Å². The zero-order valence-electron chi connectivity index (χ0n) is 14.8. The number of hydrogen-bond donors (Lipinski definition) is 0. The molecule has 132 valence electrons. The van der Waals surface area contributed by atoms with Crippen molar-refractivity contribution in [1.29, 1.82) is 0 Å². The van der Waals surface area contributed by atoms with Crippen molar-refractivity contribution in [1.82, 2.24) is 25.0 Å². The first-order chi connectivity index (χ1) is 12.6. The van der Waals surface area contributed by atoms with E-state index >= 15 is 0 Å². The lowest BCUT2D eigenvalue weighted by molar-refractivity contribution is -0.128. The van der Waals surface area contributed by atoms with Gasteiger partial charge in [0.25, 0.3) is 5.89 Å². The van der Waals surface area contributed by atoms with Crippen LogP contribution in [0.3, 0.4) is 0 Å². The summed E-state index contributed by atoms with van der Waals surface area (Å²) in [5.41, 5.74) is 3.43. The molecule has 7 heteroatoms. The Hall–Kier alpha value is -3.09. The lowest BCUT2D eigenvalue weighted by Crippen LogP contribution is -2.23. The van der Waals surface area contributed by atoms with Crippen LogP contribution in [-0.4, -0.2) is 37.5 Å². The third-order valence-corrected chi connectivity index (χ3v) is 4.37. The van der Waals surface area contributed by atoms with Crippen molar-refractivity contribution in [2.45, 2.75) is 33.2 Å². The Labute approximate surface area is 151 Å².